The highest BCUT2D eigenvalue weighted by molar-refractivity contribution is 7.94. The lowest BCUT2D eigenvalue weighted by atomic mass is 10.2. The molecule has 1 saturated carbocycles. The Labute approximate surface area is 113 Å². The van der Waals surface area contributed by atoms with Crippen molar-refractivity contribution < 1.29 is 8.42 Å². The molecule has 1 atom stereocenters. The summed E-state index contributed by atoms with van der Waals surface area (Å²) in [5.41, 5.74) is 1.78. The predicted molar refractivity (Wildman–Crippen MR) is 73.9 cm³/mol. The molecular formula is C13H17N3O2S. The third kappa shape index (κ3) is 1.40. The Balaban J connectivity index is 1.89. The van der Waals surface area contributed by atoms with Gasteiger partial charge in [0.2, 0.25) is 10.0 Å². The van der Waals surface area contributed by atoms with E-state index < -0.39 is 14.8 Å². The molecular weight excluding hydrogens is 262 g/mol. The van der Waals surface area contributed by atoms with Gasteiger partial charge in [-0.05, 0) is 32.3 Å². The number of hydrogen-bond acceptors (Lipinski definition) is 4. The summed E-state index contributed by atoms with van der Waals surface area (Å²) in [5, 5.41) is 0. The van der Waals surface area contributed by atoms with Gasteiger partial charge in [-0.3, -0.25) is 9.29 Å². The second-order valence-electron chi connectivity index (χ2n) is 6.00. The molecule has 0 radical (unpaired) electrons. The van der Waals surface area contributed by atoms with E-state index in [1.54, 1.807) is 16.7 Å². The molecule has 0 N–H and O–H groups in total. The largest absolute Gasteiger partial charge is 0.366 e. The van der Waals surface area contributed by atoms with E-state index in [1.807, 2.05) is 13.0 Å². The summed E-state index contributed by atoms with van der Waals surface area (Å²) >= 11 is 0. The van der Waals surface area contributed by atoms with E-state index in [0.717, 1.165) is 43.7 Å². The van der Waals surface area contributed by atoms with E-state index in [0.29, 0.717) is 0 Å². The third-order valence-electron chi connectivity index (χ3n) is 4.69. The fourth-order valence-electron chi connectivity index (χ4n) is 3.15. The Morgan fingerprint density at radius 2 is 2.16 bits per heavy atom. The molecule has 1 unspecified atom stereocenters. The summed E-state index contributed by atoms with van der Waals surface area (Å²) in [7, 11) is -3.26. The highest BCUT2D eigenvalue weighted by Gasteiger charge is 2.56. The van der Waals surface area contributed by atoms with E-state index in [2.05, 4.69) is 9.88 Å². The summed E-state index contributed by atoms with van der Waals surface area (Å²) in [6.45, 7) is 3.59. The molecule has 5 nitrogen and oxygen atoms in total. The fraction of sp³-hybridized carbons (Fsp3) is 0.615. The maximum absolute atomic E-state index is 12.9. The number of pyridine rings is 1. The molecule has 1 aliphatic carbocycles. The van der Waals surface area contributed by atoms with Crippen LogP contribution < -0.4 is 9.21 Å². The van der Waals surface area contributed by atoms with Crippen molar-refractivity contribution in [2.75, 3.05) is 22.3 Å². The Bertz CT molecular complexity index is 639. The van der Waals surface area contributed by atoms with Gasteiger partial charge in [0.1, 0.15) is 0 Å². The van der Waals surface area contributed by atoms with Gasteiger partial charge in [0, 0.05) is 19.3 Å². The Morgan fingerprint density at radius 1 is 1.37 bits per heavy atom. The van der Waals surface area contributed by atoms with Crippen LogP contribution in [-0.4, -0.2) is 37.3 Å². The zero-order valence-electron chi connectivity index (χ0n) is 10.9. The molecule has 3 heterocycles. The van der Waals surface area contributed by atoms with Gasteiger partial charge in [-0.1, -0.05) is 0 Å². The molecule has 2 bridgehead atoms. The topological polar surface area (TPSA) is 53.5 Å². The van der Waals surface area contributed by atoms with E-state index in [-0.39, 0.29) is 6.04 Å². The molecule has 3 aliphatic rings. The normalized spacial score (nSPS) is 27.3. The van der Waals surface area contributed by atoms with Gasteiger partial charge in [0.05, 0.1) is 28.4 Å². The maximum Gasteiger partial charge on any atom is 0.241 e. The van der Waals surface area contributed by atoms with Crippen molar-refractivity contribution in [2.45, 2.75) is 37.0 Å². The van der Waals surface area contributed by atoms with Crippen molar-refractivity contribution >= 4 is 21.4 Å². The van der Waals surface area contributed by atoms with Crippen molar-refractivity contribution in [3.63, 3.8) is 0 Å². The molecule has 0 aromatic carbocycles. The number of fused-ring (bicyclic) bond motifs is 4. The summed E-state index contributed by atoms with van der Waals surface area (Å²) in [4.78, 5) is 6.39. The van der Waals surface area contributed by atoms with Crippen molar-refractivity contribution in [3.05, 3.63) is 18.5 Å². The van der Waals surface area contributed by atoms with Crippen LogP contribution in [0.5, 0.6) is 0 Å². The zero-order valence-corrected chi connectivity index (χ0v) is 11.7. The molecule has 2 aliphatic heterocycles. The molecule has 1 saturated heterocycles. The summed E-state index contributed by atoms with van der Waals surface area (Å²) in [6.07, 6.45) is 5.94. The average molecular weight is 279 g/mol. The average Bonchev–Trinajstić information content (AvgIpc) is 3.03. The Hall–Kier alpha value is -1.30. The SMILES string of the molecule is CC1(S(=O)(=O)N2c3ccncc3N3CCC2C3)CC1. The molecule has 2 fully saturated rings. The van der Waals surface area contributed by atoms with Crippen molar-refractivity contribution in [3.8, 4) is 0 Å². The maximum atomic E-state index is 12.9. The summed E-state index contributed by atoms with van der Waals surface area (Å²) in [5.74, 6) is 0. The van der Waals surface area contributed by atoms with Gasteiger partial charge in [-0.2, -0.15) is 0 Å². The quantitative estimate of drug-likeness (QED) is 0.820. The molecule has 0 amide bonds. The van der Waals surface area contributed by atoms with Crippen LogP contribution in [0.1, 0.15) is 26.2 Å². The molecule has 102 valence electrons. The van der Waals surface area contributed by atoms with E-state index in [1.165, 1.54) is 0 Å². The van der Waals surface area contributed by atoms with Crippen LogP contribution in [0, 0.1) is 0 Å². The Morgan fingerprint density at radius 3 is 2.89 bits per heavy atom. The van der Waals surface area contributed by atoms with Crippen molar-refractivity contribution in [1.82, 2.24) is 4.98 Å². The molecule has 19 heavy (non-hydrogen) atoms. The van der Waals surface area contributed by atoms with Crippen LogP contribution in [0.25, 0.3) is 0 Å². The highest BCUT2D eigenvalue weighted by atomic mass is 32.2. The number of anilines is 2. The first-order valence-electron chi connectivity index (χ1n) is 6.76. The Kier molecular flexibility index (Phi) is 2.07. The number of rotatable bonds is 2. The summed E-state index contributed by atoms with van der Waals surface area (Å²) < 4.78 is 27.0. The first-order chi connectivity index (χ1) is 9.03. The third-order valence-corrected chi connectivity index (χ3v) is 7.35. The first-order valence-corrected chi connectivity index (χ1v) is 8.20. The fourth-order valence-corrected chi connectivity index (χ4v) is 5.23. The van der Waals surface area contributed by atoms with Crippen LogP contribution in [0.3, 0.4) is 0 Å². The van der Waals surface area contributed by atoms with Crippen molar-refractivity contribution in [1.29, 1.82) is 0 Å². The first kappa shape index (κ1) is 11.5. The summed E-state index contributed by atoms with van der Waals surface area (Å²) in [6, 6.07) is 1.93. The lowest BCUT2D eigenvalue weighted by Crippen LogP contribution is -2.49. The van der Waals surface area contributed by atoms with Crippen LogP contribution in [0.15, 0.2) is 18.5 Å². The second kappa shape index (κ2) is 3.42. The van der Waals surface area contributed by atoms with E-state index in [9.17, 15) is 8.42 Å². The van der Waals surface area contributed by atoms with Crippen LogP contribution in [0.2, 0.25) is 0 Å². The lowest BCUT2D eigenvalue weighted by Gasteiger charge is -2.38. The number of aromatic nitrogens is 1. The van der Waals surface area contributed by atoms with Gasteiger partial charge in [0.15, 0.2) is 0 Å². The van der Waals surface area contributed by atoms with Crippen LogP contribution in [0.4, 0.5) is 11.4 Å². The number of nitrogens with zero attached hydrogens (tertiary/aromatic N) is 3. The molecule has 6 heteroatoms. The zero-order chi connectivity index (χ0) is 13.3. The minimum atomic E-state index is -3.26. The van der Waals surface area contributed by atoms with Crippen molar-refractivity contribution in [2.24, 2.45) is 0 Å². The molecule has 1 aromatic rings. The van der Waals surface area contributed by atoms with Gasteiger partial charge < -0.3 is 4.90 Å². The lowest BCUT2D eigenvalue weighted by molar-refractivity contribution is 0.564. The van der Waals surface area contributed by atoms with E-state index in [4.69, 9.17) is 0 Å². The van der Waals surface area contributed by atoms with Gasteiger partial charge in [-0.25, -0.2) is 8.42 Å². The standard InChI is InChI=1S/C13H17N3O2S/c1-13(4-5-13)19(17,18)16-10-3-7-15(9-10)12-8-14-6-2-11(12)16/h2,6,8,10H,3-5,7,9H2,1H3. The minimum Gasteiger partial charge on any atom is -0.366 e. The molecule has 0 spiro atoms. The molecule has 1 aromatic heterocycles. The van der Waals surface area contributed by atoms with Gasteiger partial charge in [-0.15, -0.1) is 0 Å². The smallest absolute Gasteiger partial charge is 0.241 e. The van der Waals surface area contributed by atoms with Gasteiger partial charge >= 0.3 is 0 Å². The van der Waals surface area contributed by atoms with E-state index >= 15 is 0 Å². The molecule has 4 rings (SSSR count). The second-order valence-corrected chi connectivity index (χ2v) is 8.33. The van der Waals surface area contributed by atoms with Gasteiger partial charge in [0.25, 0.3) is 0 Å². The minimum absolute atomic E-state index is 0.0947. The monoisotopic (exact) mass is 279 g/mol. The number of sulfonamides is 1. The van der Waals surface area contributed by atoms with Crippen LogP contribution >= 0.6 is 0 Å². The van der Waals surface area contributed by atoms with Crippen LogP contribution in [-0.2, 0) is 10.0 Å². The number of hydrogen-bond donors (Lipinski definition) is 0. The highest BCUT2D eigenvalue weighted by Crippen LogP contribution is 2.50. The predicted octanol–water partition coefficient (Wildman–Crippen LogP) is 1.36.